The number of nitrogens with zero attached hydrogens (tertiary/aromatic N) is 1. The van der Waals surface area contributed by atoms with Crippen molar-refractivity contribution in [1.82, 2.24) is 10.3 Å². The molecular weight excluding hydrogens is 361 g/mol. The number of ether oxygens (including phenoxy) is 1. The highest BCUT2D eigenvalue weighted by atomic mass is 32.1. The normalized spacial score (nSPS) is 11.5. The molecule has 0 unspecified atom stereocenters. The summed E-state index contributed by atoms with van der Waals surface area (Å²) in [5.41, 5.74) is 0.974. The monoisotopic (exact) mass is 378 g/mol. The van der Waals surface area contributed by atoms with Crippen molar-refractivity contribution in [3.05, 3.63) is 70.9 Å². The molecule has 0 saturated heterocycles. The maximum absolute atomic E-state index is 12.7. The predicted molar refractivity (Wildman–Crippen MR) is 96.1 cm³/mol. The van der Waals surface area contributed by atoms with Gasteiger partial charge in [0.05, 0.1) is 17.6 Å². The lowest BCUT2D eigenvalue weighted by Gasteiger charge is -2.09. The van der Waals surface area contributed by atoms with Gasteiger partial charge in [-0.25, -0.2) is 4.98 Å². The Labute approximate surface area is 153 Å². The van der Waals surface area contributed by atoms with Gasteiger partial charge in [-0.05, 0) is 29.3 Å². The number of alkyl halides is 3. The summed E-state index contributed by atoms with van der Waals surface area (Å²) >= 11 is 1.54. The van der Waals surface area contributed by atoms with Crippen LogP contribution in [0.4, 0.5) is 13.2 Å². The van der Waals surface area contributed by atoms with Crippen LogP contribution in [0.2, 0.25) is 0 Å². The molecule has 0 fully saturated rings. The number of hydrogen-bond acceptors (Lipinski definition) is 4. The maximum atomic E-state index is 12.7. The van der Waals surface area contributed by atoms with Crippen molar-refractivity contribution < 1.29 is 17.9 Å². The van der Waals surface area contributed by atoms with Gasteiger partial charge in [-0.3, -0.25) is 0 Å². The predicted octanol–water partition coefficient (Wildman–Crippen LogP) is 5.13. The Balaban J connectivity index is 1.60. The zero-order chi connectivity index (χ0) is 18.6. The van der Waals surface area contributed by atoms with Gasteiger partial charge in [0.1, 0.15) is 10.8 Å². The summed E-state index contributed by atoms with van der Waals surface area (Å²) in [5.74, 6) is 0.778. The summed E-state index contributed by atoms with van der Waals surface area (Å²) in [6.45, 7) is 0.836. The number of thiazole rings is 1. The molecule has 0 bridgehead atoms. The van der Waals surface area contributed by atoms with Gasteiger partial charge in [0, 0.05) is 19.3 Å². The Hall–Kier alpha value is -2.38. The van der Waals surface area contributed by atoms with Crippen molar-refractivity contribution in [2.75, 3.05) is 7.11 Å². The summed E-state index contributed by atoms with van der Waals surface area (Å²) < 4.78 is 43.4. The second kappa shape index (κ2) is 7.88. The van der Waals surface area contributed by atoms with Crippen molar-refractivity contribution in [2.24, 2.45) is 0 Å². The van der Waals surface area contributed by atoms with E-state index in [0.29, 0.717) is 18.7 Å². The largest absolute Gasteiger partial charge is 0.497 e. The van der Waals surface area contributed by atoms with E-state index in [9.17, 15) is 13.2 Å². The molecule has 0 aliphatic rings. The SMILES string of the molecule is COc1cccc(-c2cnc(CNCc3cccc(C(F)(F)F)c3)s2)c1. The van der Waals surface area contributed by atoms with Gasteiger partial charge < -0.3 is 10.1 Å². The van der Waals surface area contributed by atoms with Gasteiger partial charge in [0.25, 0.3) is 0 Å². The van der Waals surface area contributed by atoms with Crippen LogP contribution in [0.1, 0.15) is 16.1 Å². The van der Waals surface area contributed by atoms with Crippen LogP contribution in [0, 0.1) is 0 Å². The van der Waals surface area contributed by atoms with Crippen molar-refractivity contribution in [3.8, 4) is 16.2 Å². The fourth-order valence-corrected chi connectivity index (χ4v) is 3.36. The molecule has 0 atom stereocenters. The van der Waals surface area contributed by atoms with Gasteiger partial charge in [-0.15, -0.1) is 11.3 Å². The number of nitrogens with one attached hydrogen (secondary N) is 1. The Kier molecular flexibility index (Phi) is 5.58. The van der Waals surface area contributed by atoms with E-state index in [2.05, 4.69) is 10.3 Å². The fraction of sp³-hybridized carbons (Fsp3) is 0.211. The minimum Gasteiger partial charge on any atom is -0.497 e. The number of benzene rings is 2. The molecule has 0 spiro atoms. The molecule has 1 N–H and O–H groups in total. The molecule has 0 amide bonds. The fourth-order valence-electron chi connectivity index (χ4n) is 2.47. The summed E-state index contributed by atoms with van der Waals surface area (Å²) in [4.78, 5) is 5.38. The second-order valence-corrected chi connectivity index (χ2v) is 6.77. The van der Waals surface area contributed by atoms with Gasteiger partial charge in [0.15, 0.2) is 0 Å². The summed E-state index contributed by atoms with van der Waals surface area (Å²) in [7, 11) is 1.62. The molecule has 0 aliphatic heterocycles. The molecule has 136 valence electrons. The number of halogens is 3. The second-order valence-electron chi connectivity index (χ2n) is 5.65. The van der Waals surface area contributed by atoms with Crippen LogP contribution < -0.4 is 10.1 Å². The smallest absolute Gasteiger partial charge is 0.416 e. The minimum absolute atomic E-state index is 0.345. The van der Waals surface area contributed by atoms with Crippen molar-refractivity contribution >= 4 is 11.3 Å². The van der Waals surface area contributed by atoms with Gasteiger partial charge in [0.2, 0.25) is 0 Å². The molecule has 7 heteroatoms. The van der Waals surface area contributed by atoms with E-state index < -0.39 is 11.7 Å². The van der Waals surface area contributed by atoms with Crippen molar-refractivity contribution in [1.29, 1.82) is 0 Å². The first-order chi connectivity index (χ1) is 12.5. The molecule has 0 aliphatic carbocycles. The molecule has 26 heavy (non-hydrogen) atoms. The van der Waals surface area contributed by atoms with Crippen LogP contribution in [0.15, 0.2) is 54.7 Å². The molecule has 3 aromatic rings. The van der Waals surface area contributed by atoms with Crippen molar-refractivity contribution in [3.63, 3.8) is 0 Å². The van der Waals surface area contributed by atoms with Gasteiger partial charge in [-0.2, -0.15) is 13.2 Å². The molecule has 0 radical (unpaired) electrons. The van der Waals surface area contributed by atoms with Crippen LogP contribution in [0.25, 0.3) is 10.4 Å². The van der Waals surface area contributed by atoms with E-state index in [1.54, 1.807) is 19.4 Å². The Morgan fingerprint density at radius 3 is 2.65 bits per heavy atom. The number of hydrogen-bond donors (Lipinski definition) is 1. The standard InChI is InChI=1S/C19H17F3N2OS/c1-25-16-7-3-5-14(9-16)17-11-24-18(26-17)12-23-10-13-4-2-6-15(8-13)19(20,21)22/h2-9,11,23H,10,12H2,1H3. The van der Waals surface area contributed by atoms with E-state index in [1.807, 2.05) is 24.3 Å². The Morgan fingerprint density at radius 2 is 1.88 bits per heavy atom. The van der Waals surface area contributed by atoms with Gasteiger partial charge in [-0.1, -0.05) is 30.3 Å². The van der Waals surface area contributed by atoms with E-state index in [1.165, 1.54) is 17.4 Å². The van der Waals surface area contributed by atoms with E-state index >= 15 is 0 Å². The first-order valence-corrected chi connectivity index (χ1v) is 8.73. The van der Waals surface area contributed by atoms with Crippen LogP contribution in [0.3, 0.4) is 0 Å². The molecule has 3 rings (SSSR count). The Bertz CT molecular complexity index is 877. The lowest BCUT2D eigenvalue weighted by molar-refractivity contribution is -0.137. The minimum atomic E-state index is -4.32. The van der Waals surface area contributed by atoms with Gasteiger partial charge >= 0.3 is 6.18 Å². The first-order valence-electron chi connectivity index (χ1n) is 7.91. The Morgan fingerprint density at radius 1 is 1.08 bits per heavy atom. The van der Waals surface area contributed by atoms with Crippen LogP contribution in [-0.4, -0.2) is 12.1 Å². The third-order valence-electron chi connectivity index (χ3n) is 3.77. The highest BCUT2D eigenvalue weighted by Crippen LogP contribution is 2.30. The average molecular weight is 378 g/mol. The summed E-state index contributed by atoms with van der Waals surface area (Å²) in [5, 5.41) is 4.01. The summed E-state index contributed by atoms with van der Waals surface area (Å²) in [6.07, 6.45) is -2.53. The quantitative estimate of drug-likeness (QED) is 0.646. The highest BCUT2D eigenvalue weighted by molar-refractivity contribution is 7.15. The summed E-state index contributed by atoms with van der Waals surface area (Å²) in [6, 6.07) is 13.0. The van der Waals surface area contributed by atoms with Crippen LogP contribution >= 0.6 is 11.3 Å². The molecule has 0 saturated carbocycles. The molecule has 1 aromatic heterocycles. The number of methoxy groups -OCH3 is 1. The lowest BCUT2D eigenvalue weighted by atomic mass is 10.1. The highest BCUT2D eigenvalue weighted by Gasteiger charge is 2.30. The van der Waals surface area contributed by atoms with E-state index in [4.69, 9.17) is 4.74 Å². The van der Waals surface area contributed by atoms with E-state index in [-0.39, 0.29) is 0 Å². The van der Waals surface area contributed by atoms with Crippen molar-refractivity contribution in [2.45, 2.75) is 19.3 Å². The van der Waals surface area contributed by atoms with Crippen LogP contribution in [0.5, 0.6) is 5.75 Å². The number of rotatable bonds is 6. The zero-order valence-corrected chi connectivity index (χ0v) is 14.8. The third kappa shape index (κ3) is 4.62. The number of aromatic nitrogens is 1. The molecule has 1 heterocycles. The third-order valence-corrected chi connectivity index (χ3v) is 4.81. The first kappa shape index (κ1) is 18.4. The van der Waals surface area contributed by atoms with Crippen LogP contribution in [-0.2, 0) is 19.3 Å². The molecule has 2 aromatic carbocycles. The topological polar surface area (TPSA) is 34.1 Å². The average Bonchev–Trinajstić information content (AvgIpc) is 3.10. The van der Waals surface area contributed by atoms with E-state index in [0.717, 1.165) is 33.3 Å². The zero-order valence-electron chi connectivity index (χ0n) is 14.0. The maximum Gasteiger partial charge on any atom is 0.416 e. The molecule has 3 nitrogen and oxygen atoms in total. The molecular formula is C19H17F3N2OS. The lowest BCUT2D eigenvalue weighted by Crippen LogP contribution is -2.13.